The van der Waals surface area contributed by atoms with Gasteiger partial charge in [0.25, 0.3) is 0 Å². The first-order valence-electron chi connectivity index (χ1n) is 7.89. The van der Waals surface area contributed by atoms with Gasteiger partial charge in [0.15, 0.2) is 0 Å². The van der Waals surface area contributed by atoms with E-state index >= 15 is 0 Å². The number of hydrogen-bond donors (Lipinski definition) is 0. The van der Waals surface area contributed by atoms with Crippen molar-refractivity contribution in [1.29, 1.82) is 5.26 Å². The smallest absolute Gasteiger partial charge is 0.246 e. The van der Waals surface area contributed by atoms with Gasteiger partial charge in [-0.3, -0.25) is 4.79 Å². The fourth-order valence-electron chi connectivity index (χ4n) is 3.37. The minimum atomic E-state index is 0.0233. The predicted octanol–water partition coefficient (Wildman–Crippen LogP) is 2.74. The third-order valence-corrected chi connectivity index (χ3v) is 4.46. The van der Waals surface area contributed by atoms with Crippen LogP contribution in [0.3, 0.4) is 0 Å². The van der Waals surface area contributed by atoms with E-state index < -0.39 is 0 Å². The van der Waals surface area contributed by atoms with E-state index in [2.05, 4.69) is 6.07 Å². The highest BCUT2D eigenvalue weighted by molar-refractivity contribution is 5.92. The van der Waals surface area contributed by atoms with E-state index in [1.54, 1.807) is 18.2 Å². The number of benzene rings is 1. The molecule has 114 valence electrons. The molecule has 0 unspecified atom stereocenters. The Labute approximate surface area is 131 Å². The van der Waals surface area contributed by atoms with Gasteiger partial charge in [-0.25, -0.2) is 0 Å². The number of rotatable bonds is 2. The Kier molecular flexibility index (Phi) is 4.55. The molecule has 1 aromatic rings. The van der Waals surface area contributed by atoms with Gasteiger partial charge in [0, 0.05) is 19.2 Å². The molecular formula is C18H20N2O2. The molecule has 1 aromatic carbocycles. The molecule has 1 amide bonds. The lowest BCUT2D eigenvalue weighted by Gasteiger charge is -2.29. The summed E-state index contributed by atoms with van der Waals surface area (Å²) in [5.74, 6) is 0.0233. The second-order valence-corrected chi connectivity index (χ2v) is 5.83. The topological polar surface area (TPSA) is 53.3 Å². The molecule has 1 aliphatic heterocycles. The quantitative estimate of drug-likeness (QED) is 0.789. The predicted molar refractivity (Wildman–Crippen MR) is 83.9 cm³/mol. The van der Waals surface area contributed by atoms with Crippen molar-refractivity contribution in [1.82, 2.24) is 4.90 Å². The number of carbonyl (C=O) groups is 1. The summed E-state index contributed by atoms with van der Waals surface area (Å²) < 4.78 is 5.85. The van der Waals surface area contributed by atoms with Crippen molar-refractivity contribution >= 4 is 12.0 Å². The highest BCUT2D eigenvalue weighted by Crippen LogP contribution is 2.29. The first kappa shape index (κ1) is 14.8. The molecule has 0 N–H and O–H groups in total. The van der Waals surface area contributed by atoms with Crippen molar-refractivity contribution in [3.05, 3.63) is 41.5 Å². The zero-order chi connectivity index (χ0) is 15.4. The van der Waals surface area contributed by atoms with Gasteiger partial charge >= 0.3 is 0 Å². The van der Waals surface area contributed by atoms with E-state index in [9.17, 15) is 4.79 Å². The minimum absolute atomic E-state index is 0.0233. The summed E-state index contributed by atoms with van der Waals surface area (Å²) >= 11 is 0. The van der Waals surface area contributed by atoms with Crippen LogP contribution in [0.4, 0.5) is 0 Å². The van der Waals surface area contributed by atoms with Gasteiger partial charge < -0.3 is 9.64 Å². The number of nitriles is 1. The lowest BCUT2D eigenvalue weighted by atomic mass is 10.1. The molecule has 2 atom stereocenters. The van der Waals surface area contributed by atoms with E-state index in [-0.39, 0.29) is 18.1 Å². The lowest BCUT2D eigenvalue weighted by molar-refractivity contribution is -0.129. The molecule has 4 heteroatoms. The summed E-state index contributed by atoms with van der Waals surface area (Å²) in [6.45, 7) is 1.50. The second kappa shape index (κ2) is 6.76. The van der Waals surface area contributed by atoms with Crippen LogP contribution in [0.2, 0.25) is 0 Å². The van der Waals surface area contributed by atoms with Gasteiger partial charge in [0.2, 0.25) is 5.91 Å². The average Bonchev–Trinajstić information content (AvgIpc) is 2.92. The molecule has 0 radical (unpaired) electrons. The van der Waals surface area contributed by atoms with Crippen LogP contribution < -0.4 is 0 Å². The van der Waals surface area contributed by atoms with Crippen LogP contribution in [-0.2, 0) is 9.53 Å². The number of amides is 1. The molecule has 2 aliphatic rings. The summed E-state index contributed by atoms with van der Waals surface area (Å²) in [6.07, 6.45) is 7.63. The van der Waals surface area contributed by atoms with Crippen molar-refractivity contribution in [3.63, 3.8) is 0 Å². The molecule has 22 heavy (non-hydrogen) atoms. The van der Waals surface area contributed by atoms with Gasteiger partial charge in [-0.2, -0.15) is 5.26 Å². The first-order chi connectivity index (χ1) is 10.8. The molecule has 1 aliphatic carbocycles. The lowest BCUT2D eigenvalue weighted by Crippen LogP contribution is -2.43. The van der Waals surface area contributed by atoms with E-state index in [1.165, 1.54) is 0 Å². The maximum Gasteiger partial charge on any atom is 0.246 e. The first-order valence-corrected chi connectivity index (χ1v) is 7.89. The van der Waals surface area contributed by atoms with Gasteiger partial charge in [-0.05, 0) is 43.4 Å². The van der Waals surface area contributed by atoms with Crippen molar-refractivity contribution in [2.75, 3.05) is 13.2 Å². The zero-order valence-electron chi connectivity index (χ0n) is 12.6. The Balaban J connectivity index is 1.75. The van der Waals surface area contributed by atoms with Crippen LogP contribution in [0.15, 0.2) is 30.3 Å². The fraction of sp³-hybridized carbons (Fsp3) is 0.444. The molecule has 0 spiro atoms. The maximum absolute atomic E-state index is 12.6. The van der Waals surface area contributed by atoms with Crippen LogP contribution in [-0.4, -0.2) is 36.1 Å². The van der Waals surface area contributed by atoms with E-state index in [0.717, 1.165) is 44.4 Å². The summed E-state index contributed by atoms with van der Waals surface area (Å²) in [5.41, 5.74) is 1.37. The van der Waals surface area contributed by atoms with Crippen LogP contribution in [0.25, 0.3) is 6.08 Å². The average molecular weight is 296 g/mol. The third kappa shape index (κ3) is 3.05. The van der Waals surface area contributed by atoms with Crippen LogP contribution in [0.1, 0.15) is 36.8 Å². The zero-order valence-corrected chi connectivity index (χ0v) is 12.6. The van der Waals surface area contributed by atoms with E-state index in [1.807, 2.05) is 23.1 Å². The molecule has 4 nitrogen and oxygen atoms in total. The van der Waals surface area contributed by atoms with Gasteiger partial charge in [-0.1, -0.05) is 18.2 Å². The minimum Gasteiger partial charge on any atom is -0.376 e. The summed E-state index contributed by atoms with van der Waals surface area (Å²) in [6, 6.07) is 9.68. The summed E-state index contributed by atoms with van der Waals surface area (Å²) in [7, 11) is 0. The Morgan fingerprint density at radius 3 is 3.05 bits per heavy atom. The van der Waals surface area contributed by atoms with Crippen molar-refractivity contribution in [2.45, 2.75) is 37.8 Å². The number of carbonyl (C=O) groups excluding carboxylic acids is 1. The van der Waals surface area contributed by atoms with Gasteiger partial charge in [0.1, 0.15) is 0 Å². The van der Waals surface area contributed by atoms with Crippen molar-refractivity contribution in [2.24, 2.45) is 0 Å². The molecule has 2 fully saturated rings. The molecule has 0 aromatic heterocycles. The van der Waals surface area contributed by atoms with Gasteiger partial charge in [-0.15, -0.1) is 0 Å². The van der Waals surface area contributed by atoms with Crippen LogP contribution >= 0.6 is 0 Å². The Morgan fingerprint density at radius 2 is 2.18 bits per heavy atom. The standard InChI is InChI=1S/C18H20N2O2/c19-13-15-6-2-1-5-14(15)9-10-18(21)20-11-4-12-22-17-8-3-7-16(17)20/h1-2,5-6,9-10,16-17H,3-4,7-8,11-12H2/b10-9+/t16-,17-/m1/s1. The number of nitrogens with zero attached hydrogens (tertiary/aromatic N) is 2. The van der Waals surface area contributed by atoms with Crippen molar-refractivity contribution in [3.8, 4) is 6.07 Å². The normalized spacial score (nSPS) is 24.8. The summed E-state index contributed by atoms with van der Waals surface area (Å²) in [5, 5.41) is 9.10. The highest BCUT2D eigenvalue weighted by Gasteiger charge is 2.36. The Bertz CT molecular complexity index is 618. The molecular weight excluding hydrogens is 276 g/mol. The summed E-state index contributed by atoms with van der Waals surface area (Å²) in [4.78, 5) is 14.5. The Morgan fingerprint density at radius 1 is 1.32 bits per heavy atom. The third-order valence-electron chi connectivity index (χ3n) is 4.46. The molecule has 1 saturated heterocycles. The largest absolute Gasteiger partial charge is 0.376 e. The second-order valence-electron chi connectivity index (χ2n) is 5.83. The van der Waals surface area contributed by atoms with Crippen molar-refractivity contribution < 1.29 is 9.53 Å². The molecule has 0 bridgehead atoms. The fourth-order valence-corrected chi connectivity index (χ4v) is 3.37. The van der Waals surface area contributed by atoms with Crippen LogP contribution in [0, 0.1) is 11.3 Å². The maximum atomic E-state index is 12.6. The molecule has 3 rings (SSSR count). The SMILES string of the molecule is N#Cc1ccccc1/C=C/C(=O)N1CCCO[C@@H]2CCC[C@H]21. The van der Waals surface area contributed by atoms with Gasteiger partial charge in [0.05, 0.1) is 23.8 Å². The highest BCUT2D eigenvalue weighted by atomic mass is 16.5. The number of fused-ring (bicyclic) bond motifs is 1. The van der Waals surface area contributed by atoms with E-state index in [4.69, 9.17) is 10.00 Å². The molecule has 1 saturated carbocycles. The van der Waals surface area contributed by atoms with E-state index in [0.29, 0.717) is 5.56 Å². The molecule has 1 heterocycles. The Hall–Kier alpha value is -2.12. The van der Waals surface area contributed by atoms with Crippen LogP contribution in [0.5, 0.6) is 0 Å². The number of hydrogen-bond acceptors (Lipinski definition) is 3. The monoisotopic (exact) mass is 296 g/mol. The number of ether oxygens (including phenoxy) is 1.